The minimum atomic E-state index is 1.15. The van der Waals surface area contributed by atoms with Gasteiger partial charge in [-0.2, -0.15) is 0 Å². The summed E-state index contributed by atoms with van der Waals surface area (Å²) in [5, 5.41) is 0. The Kier molecular flexibility index (Phi) is 3.92. The minimum Gasteiger partial charge on any atom is -0.261 e. The van der Waals surface area contributed by atoms with Crippen molar-refractivity contribution in [1.29, 1.82) is 0 Å². The molecule has 0 N–H and O–H groups in total. The van der Waals surface area contributed by atoms with Gasteiger partial charge in [0.15, 0.2) is 0 Å². The summed E-state index contributed by atoms with van der Waals surface area (Å²) >= 11 is 0. The molecule has 1 aliphatic rings. The molecule has 0 atom stereocenters. The van der Waals surface area contributed by atoms with Crippen LogP contribution in [0.4, 0.5) is 0 Å². The summed E-state index contributed by atoms with van der Waals surface area (Å²) in [6.45, 7) is 0. The summed E-state index contributed by atoms with van der Waals surface area (Å²) in [7, 11) is 0. The molecule has 0 unspecified atom stereocenters. The highest BCUT2D eigenvalue weighted by Crippen LogP contribution is 2.28. The predicted molar refractivity (Wildman–Crippen MR) is 80.2 cm³/mol. The minimum absolute atomic E-state index is 1.15. The molecule has 0 aliphatic heterocycles. The second-order valence-corrected chi connectivity index (χ2v) is 5.42. The molecule has 0 fully saturated rings. The molecule has 3 rings (SSSR count). The van der Waals surface area contributed by atoms with Crippen LogP contribution in [0, 0.1) is 0 Å². The van der Waals surface area contributed by atoms with E-state index >= 15 is 0 Å². The van der Waals surface area contributed by atoms with E-state index in [1.807, 2.05) is 6.20 Å². The Bertz CT molecular complexity index is 531. The smallest absolute Gasteiger partial charge is 0.0441 e. The number of aromatic nitrogens is 1. The number of hydrogen-bond acceptors (Lipinski definition) is 1. The monoisotopic (exact) mass is 251 g/mol. The summed E-state index contributed by atoms with van der Waals surface area (Å²) in [5.41, 5.74) is 5.56. The van der Waals surface area contributed by atoms with Gasteiger partial charge < -0.3 is 0 Å². The number of rotatable bonds is 1. The van der Waals surface area contributed by atoms with Gasteiger partial charge in [0.25, 0.3) is 0 Å². The van der Waals surface area contributed by atoms with Gasteiger partial charge in [0.2, 0.25) is 0 Å². The SMILES string of the molecule is c1ccc(-c2ccnc3c2CCCCCCC3)cc1. The van der Waals surface area contributed by atoms with Crippen molar-refractivity contribution in [1.82, 2.24) is 4.98 Å². The van der Waals surface area contributed by atoms with E-state index in [-0.39, 0.29) is 0 Å². The second-order valence-electron chi connectivity index (χ2n) is 5.42. The van der Waals surface area contributed by atoms with Crippen molar-refractivity contribution in [3.63, 3.8) is 0 Å². The van der Waals surface area contributed by atoms with Crippen LogP contribution in [0.5, 0.6) is 0 Å². The average molecular weight is 251 g/mol. The lowest BCUT2D eigenvalue weighted by Crippen LogP contribution is -2.00. The largest absolute Gasteiger partial charge is 0.261 e. The molecule has 1 nitrogen and oxygen atoms in total. The van der Waals surface area contributed by atoms with E-state index in [9.17, 15) is 0 Å². The van der Waals surface area contributed by atoms with Crippen molar-refractivity contribution in [2.75, 3.05) is 0 Å². The third kappa shape index (κ3) is 2.86. The van der Waals surface area contributed by atoms with E-state index in [2.05, 4.69) is 41.4 Å². The Balaban J connectivity index is 2.03. The topological polar surface area (TPSA) is 12.9 Å². The van der Waals surface area contributed by atoms with Crippen molar-refractivity contribution >= 4 is 0 Å². The maximum absolute atomic E-state index is 4.65. The Morgan fingerprint density at radius 2 is 1.47 bits per heavy atom. The quantitative estimate of drug-likeness (QED) is 0.709. The van der Waals surface area contributed by atoms with Crippen LogP contribution >= 0.6 is 0 Å². The summed E-state index contributed by atoms with van der Waals surface area (Å²) in [4.78, 5) is 4.65. The van der Waals surface area contributed by atoms with Gasteiger partial charge >= 0.3 is 0 Å². The van der Waals surface area contributed by atoms with E-state index in [4.69, 9.17) is 0 Å². The maximum Gasteiger partial charge on any atom is 0.0441 e. The fourth-order valence-electron chi connectivity index (χ4n) is 3.04. The second kappa shape index (κ2) is 6.01. The number of hydrogen-bond donors (Lipinski definition) is 0. The van der Waals surface area contributed by atoms with Crippen LogP contribution < -0.4 is 0 Å². The first kappa shape index (κ1) is 12.4. The molecule has 19 heavy (non-hydrogen) atoms. The molecule has 0 amide bonds. The first-order chi connectivity index (χ1) is 9.45. The zero-order valence-corrected chi connectivity index (χ0v) is 11.4. The molecule has 1 aliphatic carbocycles. The van der Waals surface area contributed by atoms with Crippen LogP contribution in [0.25, 0.3) is 11.1 Å². The molecule has 1 aromatic heterocycles. The van der Waals surface area contributed by atoms with Crippen LogP contribution in [0.3, 0.4) is 0 Å². The van der Waals surface area contributed by atoms with Crippen LogP contribution in [-0.4, -0.2) is 4.98 Å². The number of benzene rings is 1. The molecular weight excluding hydrogens is 230 g/mol. The first-order valence-corrected chi connectivity index (χ1v) is 7.47. The zero-order valence-electron chi connectivity index (χ0n) is 11.4. The van der Waals surface area contributed by atoms with E-state index in [0.717, 1.165) is 6.42 Å². The van der Waals surface area contributed by atoms with E-state index in [1.54, 1.807) is 0 Å². The first-order valence-electron chi connectivity index (χ1n) is 7.47. The van der Waals surface area contributed by atoms with Crippen molar-refractivity contribution < 1.29 is 0 Å². The van der Waals surface area contributed by atoms with Gasteiger partial charge in [-0.15, -0.1) is 0 Å². The maximum atomic E-state index is 4.65. The van der Waals surface area contributed by atoms with Gasteiger partial charge in [-0.05, 0) is 48.4 Å². The molecule has 0 spiro atoms. The Morgan fingerprint density at radius 1 is 0.737 bits per heavy atom. The van der Waals surface area contributed by atoms with Gasteiger partial charge in [0.1, 0.15) is 0 Å². The molecule has 0 radical (unpaired) electrons. The number of nitrogens with zero attached hydrogens (tertiary/aromatic N) is 1. The van der Waals surface area contributed by atoms with Gasteiger partial charge in [0.05, 0.1) is 0 Å². The number of pyridine rings is 1. The van der Waals surface area contributed by atoms with Crippen molar-refractivity contribution in [3.05, 3.63) is 53.9 Å². The lowest BCUT2D eigenvalue weighted by atomic mass is 9.94. The summed E-state index contributed by atoms with van der Waals surface area (Å²) in [6, 6.07) is 12.9. The molecule has 2 aromatic rings. The van der Waals surface area contributed by atoms with Crippen LogP contribution in [0.1, 0.15) is 43.4 Å². The van der Waals surface area contributed by atoms with Crippen LogP contribution in [-0.2, 0) is 12.8 Å². The predicted octanol–water partition coefficient (Wildman–Crippen LogP) is 4.80. The van der Waals surface area contributed by atoms with E-state index in [0.29, 0.717) is 0 Å². The van der Waals surface area contributed by atoms with Gasteiger partial charge in [0, 0.05) is 11.9 Å². The molecule has 1 aromatic carbocycles. The van der Waals surface area contributed by atoms with Crippen LogP contribution in [0.15, 0.2) is 42.6 Å². The number of aryl methyl sites for hydroxylation is 1. The van der Waals surface area contributed by atoms with Crippen LogP contribution in [0.2, 0.25) is 0 Å². The number of fused-ring (bicyclic) bond motifs is 1. The Labute approximate surface area is 115 Å². The third-order valence-corrected chi connectivity index (χ3v) is 4.07. The molecule has 0 bridgehead atoms. The summed E-state index contributed by atoms with van der Waals surface area (Å²) < 4.78 is 0. The summed E-state index contributed by atoms with van der Waals surface area (Å²) in [6.07, 6.45) is 11.0. The molecule has 1 heterocycles. The van der Waals surface area contributed by atoms with Gasteiger partial charge in [-0.1, -0.05) is 49.6 Å². The highest BCUT2D eigenvalue weighted by Gasteiger charge is 2.12. The zero-order chi connectivity index (χ0) is 12.9. The summed E-state index contributed by atoms with van der Waals surface area (Å²) in [5.74, 6) is 0. The van der Waals surface area contributed by atoms with E-state index < -0.39 is 0 Å². The molecular formula is C18H21N. The normalized spacial score (nSPS) is 16.0. The molecule has 0 saturated heterocycles. The van der Waals surface area contributed by atoms with Crippen molar-refractivity contribution in [3.8, 4) is 11.1 Å². The lowest BCUT2D eigenvalue weighted by molar-refractivity contribution is 0.628. The fourth-order valence-corrected chi connectivity index (χ4v) is 3.04. The Morgan fingerprint density at radius 3 is 2.32 bits per heavy atom. The average Bonchev–Trinajstić information content (AvgIpc) is 2.59. The van der Waals surface area contributed by atoms with Gasteiger partial charge in [-0.25, -0.2) is 0 Å². The van der Waals surface area contributed by atoms with E-state index in [1.165, 1.54) is 60.9 Å². The molecule has 0 saturated carbocycles. The van der Waals surface area contributed by atoms with Crippen molar-refractivity contribution in [2.45, 2.75) is 44.9 Å². The lowest BCUT2D eigenvalue weighted by Gasteiger charge is -2.13. The van der Waals surface area contributed by atoms with Crippen molar-refractivity contribution in [2.24, 2.45) is 0 Å². The molecule has 1 heteroatoms. The Hall–Kier alpha value is -1.63. The fraction of sp³-hybridized carbons (Fsp3) is 0.389. The molecule has 98 valence electrons. The highest BCUT2D eigenvalue weighted by molar-refractivity contribution is 5.67. The highest BCUT2D eigenvalue weighted by atomic mass is 14.7. The standard InChI is InChI=1S/C18H21N/c1-2-7-11-17-16(15-9-5-4-6-10-15)13-14-19-18(17)12-8-3-1/h4-6,9-10,13-14H,1-3,7-8,11-12H2. The van der Waals surface area contributed by atoms with Gasteiger partial charge in [-0.3, -0.25) is 4.98 Å². The third-order valence-electron chi connectivity index (χ3n) is 4.07.